The third-order valence-electron chi connectivity index (χ3n) is 3.92. The highest BCUT2D eigenvalue weighted by Crippen LogP contribution is 2.18. The highest BCUT2D eigenvalue weighted by molar-refractivity contribution is 5.36. The van der Waals surface area contributed by atoms with Crippen molar-refractivity contribution >= 4 is 5.82 Å². The largest absolute Gasteiger partial charge is 0.358 e. The van der Waals surface area contributed by atoms with Crippen LogP contribution in [-0.2, 0) is 6.54 Å². The molecule has 0 bridgehead atoms. The fraction of sp³-hybridized carbons (Fsp3) is 0.750. The first-order valence-corrected chi connectivity index (χ1v) is 7.81. The minimum absolute atomic E-state index is 0.103. The first-order chi connectivity index (χ1) is 9.83. The van der Waals surface area contributed by atoms with E-state index in [1.165, 1.54) is 19.5 Å². The summed E-state index contributed by atoms with van der Waals surface area (Å²) in [5.41, 5.74) is 1.09. The molecule has 1 fully saturated rings. The fourth-order valence-corrected chi connectivity index (χ4v) is 2.66. The summed E-state index contributed by atoms with van der Waals surface area (Å²) >= 11 is 0. The number of anilines is 1. The number of hydrogen-bond donors (Lipinski definition) is 1. The second-order valence-corrected chi connectivity index (χ2v) is 7.28. The zero-order valence-corrected chi connectivity index (χ0v) is 14.1. The zero-order valence-electron chi connectivity index (χ0n) is 14.1. The van der Waals surface area contributed by atoms with Crippen LogP contribution >= 0.6 is 0 Å². The Hall–Kier alpha value is -1.20. The van der Waals surface area contributed by atoms with E-state index in [4.69, 9.17) is 0 Å². The van der Waals surface area contributed by atoms with Gasteiger partial charge in [0.15, 0.2) is 5.82 Å². The van der Waals surface area contributed by atoms with E-state index in [-0.39, 0.29) is 5.54 Å². The lowest BCUT2D eigenvalue weighted by molar-refractivity contribution is 0.395. The van der Waals surface area contributed by atoms with Gasteiger partial charge in [-0.25, -0.2) is 0 Å². The van der Waals surface area contributed by atoms with E-state index >= 15 is 0 Å². The van der Waals surface area contributed by atoms with E-state index in [1.54, 1.807) is 0 Å². The van der Waals surface area contributed by atoms with Gasteiger partial charge >= 0.3 is 0 Å². The van der Waals surface area contributed by atoms with Crippen molar-refractivity contribution in [3.8, 4) is 0 Å². The predicted octanol–water partition coefficient (Wildman–Crippen LogP) is 1.75. The average Bonchev–Trinajstić information content (AvgIpc) is 2.81. The molecule has 118 valence electrons. The number of hydrogen-bond acceptors (Lipinski definition) is 5. The molecule has 5 heteroatoms. The van der Waals surface area contributed by atoms with Crippen LogP contribution in [0.25, 0.3) is 0 Å². The standard InChI is InChI=1S/C16H29N5/c1-16(2,3)17-10-14-6-7-15(19-18-14)21(5)12-13-8-9-20(4)11-13/h6-7,13,17H,8-12H2,1-5H3. The molecule has 0 spiro atoms. The molecule has 0 aromatic carbocycles. The van der Waals surface area contributed by atoms with E-state index in [2.05, 4.69) is 72.3 Å². The van der Waals surface area contributed by atoms with E-state index in [0.717, 1.165) is 30.5 Å². The van der Waals surface area contributed by atoms with Crippen LogP contribution in [0.3, 0.4) is 0 Å². The fourth-order valence-electron chi connectivity index (χ4n) is 2.66. The average molecular weight is 291 g/mol. The predicted molar refractivity (Wildman–Crippen MR) is 87.5 cm³/mol. The Morgan fingerprint density at radius 3 is 2.62 bits per heavy atom. The lowest BCUT2D eigenvalue weighted by Gasteiger charge is -2.22. The highest BCUT2D eigenvalue weighted by atomic mass is 15.3. The highest BCUT2D eigenvalue weighted by Gasteiger charge is 2.21. The molecule has 1 unspecified atom stereocenters. The van der Waals surface area contributed by atoms with Crippen molar-refractivity contribution in [2.24, 2.45) is 5.92 Å². The van der Waals surface area contributed by atoms with Gasteiger partial charge in [0.1, 0.15) is 0 Å². The lowest BCUT2D eigenvalue weighted by atomic mass is 10.1. The monoisotopic (exact) mass is 291 g/mol. The van der Waals surface area contributed by atoms with Crippen LogP contribution in [0, 0.1) is 5.92 Å². The summed E-state index contributed by atoms with van der Waals surface area (Å²) < 4.78 is 0. The minimum Gasteiger partial charge on any atom is -0.358 e. The quantitative estimate of drug-likeness (QED) is 0.895. The molecule has 5 nitrogen and oxygen atoms in total. The van der Waals surface area contributed by atoms with Gasteiger partial charge in [-0.3, -0.25) is 0 Å². The van der Waals surface area contributed by atoms with Gasteiger partial charge in [-0.1, -0.05) is 0 Å². The van der Waals surface area contributed by atoms with Crippen molar-refractivity contribution in [1.82, 2.24) is 20.4 Å². The van der Waals surface area contributed by atoms with Crippen LogP contribution in [0.5, 0.6) is 0 Å². The Kier molecular flexibility index (Phi) is 5.17. The molecule has 0 saturated carbocycles. The molecular formula is C16H29N5. The van der Waals surface area contributed by atoms with Crippen molar-refractivity contribution < 1.29 is 0 Å². The summed E-state index contributed by atoms with van der Waals surface area (Å²) in [4.78, 5) is 4.61. The number of nitrogens with one attached hydrogen (secondary N) is 1. The molecule has 21 heavy (non-hydrogen) atoms. The molecule has 1 aromatic rings. The van der Waals surface area contributed by atoms with Gasteiger partial charge in [0.25, 0.3) is 0 Å². The van der Waals surface area contributed by atoms with Gasteiger partial charge in [-0.2, -0.15) is 5.10 Å². The topological polar surface area (TPSA) is 44.3 Å². The maximum atomic E-state index is 4.36. The summed E-state index contributed by atoms with van der Waals surface area (Å²) in [5, 5.41) is 12.1. The van der Waals surface area contributed by atoms with E-state index < -0.39 is 0 Å². The minimum atomic E-state index is 0.103. The molecule has 1 N–H and O–H groups in total. The molecule has 0 radical (unpaired) electrons. The Labute approximate surface area is 128 Å². The van der Waals surface area contributed by atoms with Crippen LogP contribution in [0.4, 0.5) is 5.82 Å². The van der Waals surface area contributed by atoms with Gasteiger partial charge in [-0.05, 0) is 58.8 Å². The molecule has 2 heterocycles. The molecule has 1 saturated heterocycles. The van der Waals surface area contributed by atoms with Crippen LogP contribution in [0.15, 0.2) is 12.1 Å². The lowest BCUT2D eigenvalue weighted by Crippen LogP contribution is -2.35. The van der Waals surface area contributed by atoms with Crippen molar-refractivity contribution in [3.63, 3.8) is 0 Å². The van der Waals surface area contributed by atoms with Gasteiger partial charge in [0.05, 0.1) is 5.69 Å². The Morgan fingerprint density at radius 1 is 1.33 bits per heavy atom. The second kappa shape index (κ2) is 6.71. The number of likely N-dealkylation sites (tertiary alicyclic amines) is 1. The van der Waals surface area contributed by atoms with Crippen molar-refractivity contribution in [2.45, 2.75) is 39.3 Å². The Bertz CT molecular complexity index is 437. The number of rotatable bonds is 5. The van der Waals surface area contributed by atoms with Crippen LogP contribution in [-0.4, -0.2) is 54.4 Å². The third-order valence-corrected chi connectivity index (χ3v) is 3.92. The summed E-state index contributed by atoms with van der Waals surface area (Å²) in [6, 6.07) is 4.14. The second-order valence-electron chi connectivity index (χ2n) is 7.28. The van der Waals surface area contributed by atoms with Gasteiger partial charge < -0.3 is 15.1 Å². The maximum Gasteiger partial charge on any atom is 0.150 e. The summed E-state index contributed by atoms with van der Waals surface area (Å²) in [6.07, 6.45) is 1.28. The van der Waals surface area contributed by atoms with Crippen LogP contribution < -0.4 is 10.2 Å². The van der Waals surface area contributed by atoms with Gasteiger partial charge in [0.2, 0.25) is 0 Å². The SMILES string of the molecule is CN1CCC(CN(C)c2ccc(CNC(C)(C)C)nn2)C1. The normalized spacial score (nSPS) is 20.0. The van der Waals surface area contributed by atoms with Gasteiger partial charge in [-0.15, -0.1) is 5.10 Å². The molecule has 1 aliphatic heterocycles. The first kappa shape index (κ1) is 16.2. The summed E-state index contributed by atoms with van der Waals surface area (Å²) in [5.74, 6) is 1.70. The molecular weight excluding hydrogens is 262 g/mol. The molecule has 0 amide bonds. The van der Waals surface area contributed by atoms with Crippen LogP contribution in [0.1, 0.15) is 32.9 Å². The zero-order chi connectivity index (χ0) is 15.5. The number of aromatic nitrogens is 2. The molecule has 0 aliphatic carbocycles. The number of nitrogens with zero attached hydrogens (tertiary/aromatic N) is 4. The Morgan fingerprint density at radius 2 is 2.10 bits per heavy atom. The van der Waals surface area contributed by atoms with Crippen molar-refractivity contribution in [2.75, 3.05) is 38.6 Å². The van der Waals surface area contributed by atoms with Gasteiger partial charge in [0, 0.05) is 32.2 Å². The molecule has 1 aromatic heterocycles. The molecule has 1 aliphatic rings. The molecule has 2 rings (SSSR count). The van der Waals surface area contributed by atoms with Crippen molar-refractivity contribution in [3.05, 3.63) is 17.8 Å². The van der Waals surface area contributed by atoms with E-state index in [1.807, 2.05) is 0 Å². The maximum absolute atomic E-state index is 4.36. The summed E-state index contributed by atoms with van der Waals surface area (Å²) in [6.45, 7) is 10.7. The third kappa shape index (κ3) is 5.25. The first-order valence-electron chi connectivity index (χ1n) is 7.81. The van der Waals surface area contributed by atoms with Crippen LogP contribution in [0.2, 0.25) is 0 Å². The van der Waals surface area contributed by atoms with E-state index in [0.29, 0.717) is 0 Å². The Balaban J connectivity index is 1.86. The van der Waals surface area contributed by atoms with E-state index in [9.17, 15) is 0 Å². The molecule has 1 atom stereocenters. The smallest absolute Gasteiger partial charge is 0.150 e. The van der Waals surface area contributed by atoms with Crippen molar-refractivity contribution in [1.29, 1.82) is 0 Å². The summed E-state index contributed by atoms with van der Waals surface area (Å²) in [7, 11) is 4.30.